The van der Waals surface area contributed by atoms with Crippen LogP contribution < -0.4 is 31.9 Å². The van der Waals surface area contributed by atoms with Gasteiger partial charge in [0.05, 0.1) is 34.1 Å². The van der Waals surface area contributed by atoms with Gasteiger partial charge in [0.15, 0.2) is 5.65 Å². The number of piperidine rings is 1. The molecule has 0 amide bonds. The molecule has 13 heteroatoms. The van der Waals surface area contributed by atoms with E-state index in [9.17, 15) is 9.59 Å². The number of halogens is 2. The number of methoxy groups -OCH3 is 1. The maximum Gasteiger partial charge on any atom is 0.332 e. The van der Waals surface area contributed by atoms with Gasteiger partial charge in [-0.2, -0.15) is 0 Å². The number of aromatic nitrogens is 5. The summed E-state index contributed by atoms with van der Waals surface area (Å²) in [4.78, 5) is 39.2. The van der Waals surface area contributed by atoms with Crippen molar-refractivity contribution in [3.05, 3.63) is 103 Å². The fourth-order valence-corrected chi connectivity index (χ4v) is 8.22. The van der Waals surface area contributed by atoms with Crippen LogP contribution in [0.3, 0.4) is 0 Å². The second-order valence-electron chi connectivity index (χ2n) is 13.8. The fraction of sp³-hybridized carbons (Fsp3) is 0.359. The zero-order valence-corrected chi connectivity index (χ0v) is 31.3. The van der Waals surface area contributed by atoms with E-state index < -0.39 is 11.2 Å². The minimum atomic E-state index is -0.508. The summed E-state index contributed by atoms with van der Waals surface area (Å²) in [5, 5.41) is 11.2. The summed E-state index contributed by atoms with van der Waals surface area (Å²) in [5.74, 6) is 1.28. The van der Waals surface area contributed by atoms with E-state index in [1.807, 2.05) is 30.3 Å². The molecule has 270 valence electrons. The number of rotatable bonds is 5. The fourth-order valence-electron chi connectivity index (χ4n) is 7.62. The second-order valence-corrected chi connectivity index (χ2v) is 14.5. The molecule has 52 heavy (non-hydrogen) atoms. The van der Waals surface area contributed by atoms with Crippen molar-refractivity contribution >= 4 is 45.7 Å². The van der Waals surface area contributed by atoms with Crippen molar-refractivity contribution in [2.24, 2.45) is 14.1 Å². The Morgan fingerprint density at radius 3 is 2.40 bits per heavy atom. The first-order chi connectivity index (χ1) is 25.0. The van der Waals surface area contributed by atoms with Crippen LogP contribution in [0.25, 0.3) is 33.4 Å². The van der Waals surface area contributed by atoms with Gasteiger partial charge in [-0.1, -0.05) is 60.1 Å². The monoisotopic (exact) mass is 740 g/mol. The minimum absolute atomic E-state index is 0.179. The average Bonchev–Trinajstić information content (AvgIpc) is 3.80. The molecule has 2 aliphatic heterocycles. The van der Waals surface area contributed by atoms with Gasteiger partial charge in [-0.15, -0.1) is 0 Å². The molecule has 3 N–H and O–H groups in total. The standard InChI is InChI=1S/C30H26Cl2N6O3.C9H16N2/c1-15-33-26(23-27(34-15)37(2)30(40)38(3)29(23)39)35-21-13-7-11-19(25(21)32)18-10-6-12-20(24(18)31)22-14-16-8-5-9-17(16)28(36-22)41-4;1-8-3-2-4-9(11-8)5-6-10-7-9/h6-7,10-14H,5,8-9H2,1-4H3,(H,33,34,35);10-11H,1-7H2. The van der Waals surface area contributed by atoms with Crippen molar-refractivity contribution < 1.29 is 4.74 Å². The lowest BCUT2D eigenvalue weighted by atomic mass is 9.87. The van der Waals surface area contributed by atoms with Crippen LogP contribution in [0, 0.1) is 6.92 Å². The van der Waals surface area contributed by atoms with Gasteiger partial charge >= 0.3 is 5.69 Å². The largest absolute Gasteiger partial charge is 0.481 e. The molecule has 11 nitrogen and oxygen atoms in total. The lowest BCUT2D eigenvalue weighted by Crippen LogP contribution is -2.48. The number of allylic oxidation sites excluding steroid dienone is 1. The lowest BCUT2D eigenvalue weighted by molar-refractivity contribution is 0.313. The van der Waals surface area contributed by atoms with E-state index >= 15 is 0 Å². The summed E-state index contributed by atoms with van der Waals surface area (Å²) in [6.45, 7) is 7.98. The number of pyridine rings is 1. The third kappa shape index (κ3) is 6.57. The van der Waals surface area contributed by atoms with Gasteiger partial charge in [0.2, 0.25) is 5.88 Å². The number of anilines is 2. The zero-order chi connectivity index (χ0) is 36.7. The molecule has 0 bridgehead atoms. The average molecular weight is 742 g/mol. The number of fused-ring (bicyclic) bond motifs is 2. The highest BCUT2D eigenvalue weighted by Crippen LogP contribution is 2.43. The maximum atomic E-state index is 13.1. The Labute approximate surface area is 312 Å². The van der Waals surface area contributed by atoms with E-state index in [2.05, 4.69) is 38.6 Å². The van der Waals surface area contributed by atoms with E-state index in [1.165, 1.54) is 55.1 Å². The Morgan fingerprint density at radius 2 is 1.67 bits per heavy atom. The molecule has 0 radical (unpaired) electrons. The number of hydrogen-bond donors (Lipinski definition) is 3. The molecule has 3 aromatic heterocycles. The maximum absolute atomic E-state index is 13.1. The lowest BCUT2D eigenvalue weighted by Gasteiger charge is -2.36. The van der Waals surface area contributed by atoms with E-state index in [4.69, 9.17) is 32.9 Å². The summed E-state index contributed by atoms with van der Waals surface area (Å²) in [6.07, 6.45) is 8.08. The molecule has 1 atom stereocenters. The first-order valence-corrected chi connectivity index (χ1v) is 18.3. The molecule has 2 aromatic carbocycles. The molecule has 0 saturated carbocycles. The van der Waals surface area contributed by atoms with E-state index in [0.717, 1.165) is 52.8 Å². The van der Waals surface area contributed by atoms with E-state index in [1.54, 1.807) is 27.1 Å². The molecular formula is C39H42Cl2N8O3. The highest BCUT2D eigenvalue weighted by Gasteiger charge is 2.35. The van der Waals surface area contributed by atoms with Gasteiger partial charge < -0.3 is 20.7 Å². The van der Waals surface area contributed by atoms with Crippen LogP contribution in [0.2, 0.25) is 10.0 Å². The molecule has 2 fully saturated rings. The zero-order valence-electron chi connectivity index (χ0n) is 29.8. The van der Waals surface area contributed by atoms with Gasteiger partial charge in [0.25, 0.3) is 5.56 Å². The van der Waals surface area contributed by atoms with Crippen molar-refractivity contribution in [3.8, 4) is 28.3 Å². The van der Waals surface area contributed by atoms with Crippen LogP contribution in [0.5, 0.6) is 5.88 Å². The van der Waals surface area contributed by atoms with Gasteiger partial charge in [0.1, 0.15) is 17.0 Å². The predicted octanol–water partition coefficient (Wildman–Crippen LogP) is 6.62. The normalized spacial score (nSPS) is 17.8. The molecule has 1 unspecified atom stereocenters. The summed E-state index contributed by atoms with van der Waals surface area (Å²) < 4.78 is 7.94. The summed E-state index contributed by atoms with van der Waals surface area (Å²) in [6, 6.07) is 13.3. The minimum Gasteiger partial charge on any atom is -0.481 e. The molecule has 2 saturated heterocycles. The number of benzene rings is 2. The van der Waals surface area contributed by atoms with E-state index in [0.29, 0.717) is 38.5 Å². The summed E-state index contributed by atoms with van der Waals surface area (Å²) >= 11 is 14.0. The Hall–Kier alpha value is -4.71. The third-order valence-corrected chi connectivity index (χ3v) is 11.1. The van der Waals surface area contributed by atoms with Gasteiger partial charge in [-0.05, 0) is 76.1 Å². The number of nitrogens with one attached hydrogen (secondary N) is 3. The number of ether oxygens (including phenoxy) is 1. The van der Waals surface area contributed by atoms with Crippen LogP contribution in [0.4, 0.5) is 11.5 Å². The summed E-state index contributed by atoms with van der Waals surface area (Å²) in [7, 11) is 4.62. The molecular weight excluding hydrogens is 699 g/mol. The topological polar surface area (TPSA) is 128 Å². The van der Waals surface area contributed by atoms with Crippen molar-refractivity contribution in [2.45, 2.75) is 57.4 Å². The van der Waals surface area contributed by atoms with Crippen molar-refractivity contribution in [2.75, 3.05) is 25.5 Å². The quantitative estimate of drug-likeness (QED) is 0.182. The Balaban J connectivity index is 0.000000324. The molecule has 3 aliphatic rings. The van der Waals surface area contributed by atoms with E-state index in [-0.39, 0.29) is 16.9 Å². The molecule has 5 aromatic rings. The smallest absolute Gasteiger partial charge is 0.332 e. The molecule has 1 spiro atoms. The Bertz CT molecular complexity index is 2350. The van der Waals surface area contributed by atoms with Crippen molar-refractivity contribution in [3.63, 3.8) is 0 Å². The third-order valence-electron chi connectivity index (χ3n) is 10.3. The molecule has 5 heterocycles. The number of nitrogens with zero attached hydrogens (tertiary/aromatic N) is 5. The summed E-state index contributed by atoms with van der Waals surface area (Å²) in [5.41, 5.74) is 6.69. The van der Waals surface area contributed by atoms with Crippen LogP contribution in [0.15, 0.2) is 64.3 Å². The van der Waals surface area contributed by atoms with Gasteiger partial charge in [0, 0.05) is 48.6 Å². The Kier molecular flexibility index (Phi) is 9.86. The predicted molar refractivity (Wildman–Crippen MR) is 208 cm³/mol. The highest BCUT2D eigenvalue weighted by molar-refractivity contribution is 6.39. The van der Waals surface area contributed by atoms with Crippen LogP contribution in [0.1, 0.15) is 49.1 Å². The van der Waals surface area contributed by atoms with Crippen LogP contribution in [-0.2, 0) is 26.9 Å². The first-order valence-electron chi connectivity index (χ1n) is 17.5. The molecule has 8 rings (SSSR count). The van der Waals surface area contributed by atoms with Gasteiger partial charge in [-0.25, -0.2) is 19.7 Å². The van der Waals surface area contributed by atoms with Gasteiger partial charge in [-0.3, -0.25) is 13.9 Å². The first kappa shape index (κ1) is 35.7. The second kappa shape index (κ2) is 14.4. The van der Waals surface area contributed by atoms with Crippen LogP contribution in [-0.4, -0.2) is 49.8 Å². The number of aryl methyl sites for hydroxylation is 3. The van der Waals surface area contributed by atoms with Crippen LogP contribution >= 0.6 is 23.2 Å². The molecule has 1 aliphatic carbocycles. The van der Waals surface area contributed by atoms with Crippen molar-refractivity contribution in [1.29, 1.82) is 0 Å². The highest BCUT2D eigenvalue weighted by atomic mass is 35.5. The number of hydrogen-bond acceptors (Lipinski definition) is 9. The SMILES string of the molecule is C=C1CCCC2(CCNC2)N1.COc1nc(-c2cccc(-c3cccc(Nc4nc(C)nc5c4c(=O)n(C)c(=O)n5C)c3Cl)c2Cl)cc2c1CCC2. The Morgan fingerprint density at radius 1 is 0.923 bits per heavy atom. The van der Waals surface area contributed by atoms with Crippen molar-refractivity contribution in [1.82, 2.24) is 34.7 Å².